The van der Waals surface area contributed by atoms with E-state index in [9.17, 15) is 9.90 Å². The van der Waals surface area contributed by atoms with E-state index in [2.05, 4.69) is 4.98 Å². The molecule has 0 fully saturated rings. The van der Waals surface area contributed by atoms with E-state index in [4.69, 9.17) is 4.74 Å². The van der Waals surface area contributed by atoms with Crippen molar-refractivity contribution in [2.24, 2.45) is 0 Å². The monoisotopic (exact) mass is 324 g/mol. The summed E-state index contributed by atoms with van der Waals surface area (Å²) in [5.41, 5.74) is 2.45. The summed E-state index contributed by atoms with van der Waals surface area (Å²) in [7, 11) is 1.62. The van der Waals surface area contributed by atoms with Crippen molar-refractivity contribution in [3.05, 3.63) is 59.9 Å². The van der Waals surface area contributed by atoms with Crippen molar-refractivity contribution < 1.29 is 14.6 Å². The fourth-order valence-corrected chi connectivity index (χ4v) is 2.98. The summed E-state index contributed by atoms with van der Waals surface area (Å²) < 4.78 is 6.97. The van der Waals surface area contributed by atoms with Gasteiger partial charge in [-0.05, 0) is 49.2 Å². The maximum atomic E-state index is 12.1. The Kier molecular flexibility index (Phi) is 4.01. The number of aryl methyl sites for hydroxylation is 1. The molecule has 0 aliphatic carbocycles. The highest BCUT2D eigenvalue weighted by Crippen LogP contribution is 2.29. The van der Waals surface area contributed by atoms with Crippen LogP contribution < -0.4 is 4.74 Å². The zero-order valence-corrected chi connectivity index (χ0v) is 14.0. The minimum Gasteiger partial charge on any atom is -0.497 e. The predicted molar refractivity (Wildman–Crippen MR) is 92.5 cm³/mol. The van der Waals surface area contributed by atoms with Crippen LogP contribution in [-0.2, 0) is 16.8 Å². The third-order valence-corrected chi connectivity index (χ3v) is 4.53. The fourth-order valence-electron chi connectivity index (χ4n) is 2.98. The van der Waals surface area contributed by atoms with Gasteiger partial charge in [0.15, 0.2) is 0 Å². The Morgan fingerprint density at radius 2 is 2.04 bits per heavy atom. The number of carboxylic acids is 1. The first-order valence-electron chi connectivity index (χ1n) is 7.75. The predicted octanol–water partition coefficient (Wildman–Crippen LogP) is 3.40. The average Bonchev–Trinajstić information content (AvgIpc) is 3.01. The maximum absolute atomic E-state index is 12.1. The third kappa shape index (κ3) is 2.62. The van der Waals surface area contributed by atoms with Crippen LogP contribution in [0.4, 0.5) is 0 Å². The van der Waals surface area contributed by atoms with Crippen LogP contribution in [0.25, 0.3) is 11.0 Å². The summed E-state index contributed by atoms with van der Waals surface area (Å²) in [5.74, 6) is -0.123. The standard InChI is InChI=1S/C19H20N2O3/c1-13-10-15(24-3)9-8-14(13)11-19(2,18(22)23)21-12-20-16-6-4-5-7-17(16)21/h4-10,12H,11H2,1-3H3,(H,22,23). The summed E-state index contributed by atoms with van der Waals surface area (Å²) in [6, 6.07) is 13.3. The molecule has 3 aromatic rings. The summed E-state index contributed by atoms with van der Waals surface area (Å²) in [6.45, 7) is 3.69. The van der Waals surface area contributed by atoms with Gasteiger partial charge in [-0.2, -0.15) is 0 Å². The number of hydrogen-bond donors (Lipinski definition) is 1. The Balaban J connectivity index is 2.08. The molecule has 0 saturated carbocycles. The maximum Gasteiger partial charge on any atom is 0.329 e. The lowest BCUT2D eigenvalue weighted by Gasteiger charge is -2.28. The highest BCUT2D eigenvalue weighted by atomic mass is 16.5. The number of ether oxygens (including phenoxy) is 1. The van der Waals surface area contributed by atoms with E-state index in [1.54, 1.807) is 24.9 Å². The molecule has 1 atom stereocenters. The Hall–Kier alpha value is -2.82. The van der Waals surface area contributed by atoms with E-state index >= 15 is 0 Å². The number of carboxylic acid groups (broad SMARTS) is 1. The molecule has 0 bridgehead atoms. The molecular formula is C19H20N2O3. The Morgan fingerprint density at radius 3 is 2.71 bits per heavy atom. The molecule has 1 heterocycles. The van der Waals surface area contributed by atoms with Crippen LogP contribution in [0.1, 0.15) is 18.1 Å². The van der Waals surface area contributed by atoms with Gasteiger partial charge < -0.3 is 14.4 Å². The number of carbonyl (C=O) groups is 1. The highest BCUT2D eigenvalue weighted by molar-refractivity contribution is 5.82. The molecule has 0 amide bonds. The van der Waals surface area contributed by atoms with Gasteiger partial charge in [0.25, 0.3) is 0 Å². The Labute approximate surface area is 140 Å². The van der Waals surface area contributed by atoms with Crippen molar-refractivity contribution in [1.82, 2.24) is 9.55 Å². The number of imidazole rings is 1. The van der Waals surface area contributed by atoms with Gasteiger partial charge in [-0.1, -0.05) is 18.2 Å². The molecule has 1 aromatic heterocycles. The van der Waals surface area contributed by atoms with Crippen LogP contribution in [0.2, 0.25) is 0 Å². The zero-order valence-electron chi connectivity index (χ0n) is 14.0. The van der Waals surface area contributed by atoms with Gasteiger partial charge in [0.2, 0.25) is 0 Å². The molecule has 0 saturated heterocycles. The van der Waals surface area contributed by atoms with Crippen molar-refractivity contribution in [3.8, 4) is 5.75 Å². The van der Waals surface area contributed by atoms with E-state index in [-0.39, 0.29) is 0 Å². The number of hydrogen-bond acceptors (Lipinski definition) is 3. The van der Waals surface area contributed by atoms with Crippen LogP contribution in [0.3, 0.4) is 0 Å². The van der Waals surface area contributed by atoms with Crippen molar-refractivity contribution >= 4 is 17.0 Å². The number of rotatable bonds is 5. The normalized spacial score (nSPS) is 13.6. The molecule has 1 unspecified atom stereocenters. The van der Waals surface area contributed by atoms with Gasteiger partial charge >= 0.3 is 5.97 Å². The summed E-state index contributed by atoms with van der Waals surface area (Å²) >= 11 is 0. The Bertz CT molecular complexity index is 901. The van der Waals surface area contributed by atoms with E-state index in [1.165, 1.54) is 0 Å². The van der Waals surface area contributed by atoms with Crippen LogP contribution >= 0.6 is 0 Å². The number of para-hydroxylation sites is 2. The second-order valence-electron chi connectivity index (χ2n) is 6.15. The minimum absolute atomic E-state index is 0.360. The van der Waals surface area contributed by atoms with Crippen LogP contribution in [0, 0.1) is 6.92 Å². The van der Waals surface area contributed by atoms with Crippen molar-refractivity contribution in [2.45, 2.75) is 25.8 Å². The number of benzene rings is 2. The molecule has 0 aliphatic rings. The molecule has 1 N–H and O–H groups in total. The highest BCUT2D eigenvalue weighted by Gasteiger charge is 2.36. The quantitative estimate of drug-likeness (QED) is 0.781. The largest absolute Gasteiger partial charge is 0.497 e. The minimum atomic E-state index is -1.13. The van der Waals surface area contributed by atoms with Gasteiger partial charge in [0.1, 0.15) is 11.3 Å². The van der Waals surface area contributed by atoms with Gasteiger partial charge in [-0.15, -0.1) is 0 Å². The molecule has 5 nitrogen and oxygen atoms in total. The number of methoxy groups -OCH3 is 1. The molecule has 2 aromatic carbocycles. The molecule has 0 spiro atoms. The van der Waals surface area contributed by atoms with E-state index < -0.39 is 11.5 Å². The molecule has 0 radical (unpaired) electrons. The summed E-state index contributed by atoms with van der Waals surface area (Å²) in [5, 5.41) is 9.94. The first-order chi connectivity index (χ1) is 11.5. The van der Waals surface area contributed by atoms with Crippen LogP contribution in [-0.4, -0.2) is 27.7 Å². The second-order valence-corrected chi connectivity index (χ2v) is 6.15. The number of fused-ring (bicyclic) bond motifs is 1. The lowest BCUT2D eigenvalue weighted by molar-refractivity contribution is -0.146. The summed E-state index contributed by atoms with van der Waals surface area (Å²) in [6.07, 6.45) is 1.97. The van der Waals surface area contributed by atoms with E-state index in [0.29, 0.717) is 6.42 Å². The lowest BCUT2D eigenvalue weighted by Crippen LogP contribution is -2.40. The molecule has 124 valence electrons. The van der Waals surface area contributed by atoms with Crippen LogP contribution in [0.5, 0.6) is 5.75 Å². The number of nitrogens with zero attached hydrogens (tertiary/aromatic N) is 2. The van der Waals surface area contributed by atoms with E-state index in [1.807, 2.05) is 49.4 Å². The molecular weight excluding hydrogens is 304 g/mol. The fraction of sp³-hybridized carbons (Fsp3) is 0.263. The van der Waals surface area contributed by atoms with Gasteiger partial charge in [-0.3, -0.25) is 0 Å². The van der Waals surface area contributed by atoms with Gasteiger partial charge in [0.05, 0.1) is 24.5 Å². The zero-order chi connectivity index (χ0) is 17.3. The summed E-state index contributed by atoms with van der Waals surface area (Å²) in [4.78, 5) is 16.5. The van der Waals surface area contributed by atoms with E-state index in [0.717, 1.165) is 27.9 Å². The molecule has 24 heavy (non-hydrogen) atoms. The Morgan fingerprint density at radius 1 is 1.29 bits per heavy atom. The average molecular weight is 324 g/mol. The number of aliphatic carboxylic acids is 1. The number of aromatic nitrogens is 2. The van der Waals surface area contributed by atoms with Crippen molar-refractivity contribution in [3.63, 3.8) is 0 Å². The smallest absolute Gasteiger partial charge is 0.329 e. The van der Waals surface area contributed by atoms with Crippen LogP contribution in [0.15, 0.2) is 48.8 Å². The van der Waals surface area contributed by atoms with Gasteiger partial charge in [0, 0.05) is 6.42 Å². The van der Waals surface area contributed by atoms with Crippen molar-refractivity contribution in [1.29, 1.82) is 0 Å². The molecule has 5 heteroatoms. The second kappa shape index (κ2) is 6.00. The lowest BCUT2D eigenvalue weighted by atomic mass is 9.90. The first-order valence-corrected chi connectivity index (χ1v) is 7.75. The van der Waals surface area contributed by atoms with Gasteiger partial charge in [-0.25, -0.2) is 9.78 Å². The van der Waals surface area contributed by atoms with Crippen molar-refractivity contribution in [2.75, 3.05) is 7.11 Å². The SMILES string of the molecule is COc1ccc(CC(C)(C(=O)O)n2cnc3ccccc32)c(C)c1. The molecule has 3 rings (SSSR count). The third-order valence-electron chi connectivity index (χ3n) is 4.53. The molecule has 0 aliphatic heterocycles. The first kappa shape index (κ1) is 16.1. The topological polar surface area (TPSA) is 64.3 Å².